The highest BCUT2D eigenvalue weighted by Gasteiger charge is 2.27. The van der Waals surface area contributed by atoms with Gasteiger partial charge in [0.2, 0.25) is 0 Å². The van der Waals surface area contributed by atoms with Gasteiger partial charge in [0, 0.05) is 20.2 Å². The van der Waals surface area contributed by atoms with Crippen LogP contribution in [0.4, 0.5) is 0 Å². The molecule has 0 aliphatic rings. The second-order valence-corrected chi connectivity index (χ2v) is 6.76. The number of benzene rings is 2. The number of ether oxygens (including phenoxy) is 3. The average Bonchev–Trinajstić information content (AvgIpc) is 2.74. The molecule has 0 heterocycles. The predicted octanol–water partition coefficient (Wildman–Crippen LogP) is 3.47. The quantitative estimate of drug-likeness (QED) is 0.397. The number of hydrogen-bond acceptors (Lipinski definition) is 5. The van der Waals surface area contributed by atoms with Gasteiger partial charge in [0.05, 0.1) is 32.0 Å². The van der Waals surface area contributed by atoms with E-state index < -0.39 is 0 Å². The van der Waals surface area contributed by atoms with Crippen LogP contribution in [0.15, 0.2) is 60.7 Å². The van der Waals surface area contributed by atoms with E-state index in [1.807, 2.05) is 36.4 Å². The lowest BCUT2D eigenvalue weighted by atomic mass is 10.0. The second kappa shape index (κ2) is 13.4. The number of rotatable bonds is 14. The summed E-state index contributed by atoms with van der Waals surface area (Å²) in [5.41, 5.74) is 2.42. The van der Waals surface area contributed by atoms with Crippen molar-refractivity contribution in [2.75, 3.05) is 33.7 Å². The summed E-state index contributed by atoms with van der Waals surface area (Å²) in [6, 6.07) is 20.5. The molecule has 0 saturated heterocycles. The van der Waals surface area contributed by atoms with Crippen LogP contribution >= 0.6 is 0 Å². The van der Waals surface area contributed by atoms with Gasteiger partial charge in [-0.3, -0.25) is 4.90 Å². The van der Waals surface area contributed by atoms with Crippen molar-refractivity contribution >= 4 is 0 Å². The standard InChI is InChI=1S/C23H33NO4/c1-3-23(28-19-27-15-14-26-2)22(18-25)24(16-20-10-6-4-7-11-20)17-21-12-8-5-9-13-21/h4-13,22-23,25H,3,14-19H2,1-2H3/t22-,23-/m0/s1. The SMILES string of the molecule is CC[C@H](OCOCCOC)[C@H](CO)N(Cc1ccccc1)Cc1ccccc1. The van der Waals surface area contributed by atoms with Crippen molar-refractivity contribution in [3.05, 3.63) is 71.8 Å². The van der Waals surface area contributed by atoms with E-state index in [0.29, 0.717) is 13.2 Å². The third-order valence-electron chi connectivity index (χ3n) is 4.74. The number of aliphatic hydroxyl groups is 1. The van der Waals surface area contributed by atoms with E-state index in [0.717, 1.165) is 19.5 Å². The van der Waals surface area contributed by atoms with Gasteiger partial charge in [0.25, 0.3) is 0 Å². The molecule has 1 N–H and O–H groups in total. The summed E-state index contributed by atoms with van der Waals surface area (Å²) in [5, 5.41) is 10.2. The molecule has 2 aromatic rings. The Balaban J connectivity index is 2.09. The zero-order chi connectivity index (χ0) is 20.0. The van der Waals surface area contributed by atoms with Crippen LogP contribution in [0, 0.1) is 0 Å². The lowest BCUT2D eigenvalue weighted by Crippen LogP contribution is -2.46. The lowest BCUT2D eigenvalue weighted by Gasteiger charge is -2.35. The minimum atomic E-state index is -0.128. The summed E-state index contributed by atoms with van der Waals surface area (Å²) >= 11 is 0. The molecule has 0 aliphatic carbocycles. The van der Waals surface area contributed by atoms with Gasteiger partial charge in [-0.1, -0.05) is 67.6 Å². The Morgan fingerprint density at radius 2 is 1.46 bits per heavy atom. The molecule has 5 heteroatoms. The Morgan fingerprint density at radius 3 is 1.93 bits per heavy atom. The molecule has 0 saturated carbocycles. The maximum Gasteiger partial charge on any atom is 0.147 e. The van der Waals surface area contributed by atoms with Crippen LogP contribution in [0.25, 0.3) is 0 Å². The molecule has 0 aromatic heterocycles. The molecular formula is C23H33NO4. The molecule has 2 atom stereocenters. The number of hydrogen-bond donors (Lipinski definition) is 1. The second-order valence-electron chi connectivity index (χ2n) is 6.76. The van der Waals surface area contributed by atoms with Crippen molar-refractivity contribution in [3.8, 4) is 0 Å². The maximum absolute atomic E-state index is 10.2. The highest BCUT2D eigenvalue weighted by atomic mass is 16.7. The smallest absolute Gasteiger partial charge is 0.147 e. The van der Waals surface area contributed by atoms with Crippen LogP contribution < -0.4 is 0 Å². The van der Waals surface area contributed by atoms with E-state index in [1.54, 1.807) is 7.11 Å². The van der Waals surface area contributed by atoms with E-state index in [2.05, 4.69) is 36.1 Å². The monoisotopic (exact) mass is 387 g/mol. The maximum atomic E-state index is 10.2. The van der Waals surface area contributed by atoms with Gasteiger partial charge in [0.1, 0.15) is 6.79 Å². The number of nitrogens with zero attached hydrogens (tertiary/aromatic N) is 1. The molecule has 2 aromatic carbocycles. The fraction of sp³-hybridized carbons (Fsp3) is 0.478. The van der Waals surface area contributed by atoms with Crippen molar-refractivity contribution in [1.82, 2.24) is 4.90 Å². The normalized spacial score (nSPS) is 13.6. The Bertz CT molecular complexity index is 582. The fourth-order valence-electron chi connectivity index (χ4n) is 3.23. The molecule has 0 unspecified atom stereocenters. The van der Waals surface area contributed by atoms with Crippen LogP contribution in [0.1, 0.15) is 24.5 Å². The Labute approximate surface area is 168 Å². The fourth-order valence-corrected chi connectivity index (χ4v) is 3.23. The Kier molecular flexibility index (Phi) is 10.8. The van der Waals surface area contributed by atoms with E-state index >= 15 is 0 Å². The molecule has 154 valence electrons. The van der Waals surface area contributed by atoms with Crippen molar-refractivity contribution in [2.24, 2.45) is 0 Å². The third kappa shape index (κ3) is 7.70. The molecule has 28 heavy (non-hydrogen) atoms. The molecule has 0 amide bonds. The number of methoxy groups -OCH3 is 1. The summed E-state index contributed by atoms with van der Waals surface area (Å²) in [7, 11) is 1.64. The largest absolute Gasteiger partial charge is 0.395 e. The summed E-state index contributed by atoms with van der Waals surface area (Å²) < 4.78 is 16.4. The summed E-state index contributed by atoms with van der Waals surface area (Å²) in [6.07, 6.45) is 0.666. The van der Waals surface area contributed by atoms with Gasteiger partial charge in [-0.2, -0.15) is 0 Å². The van der Waals surface area contributed by atoms with Crippen LogP contribution in [0.3, 0.4) is 0 Å². The first-order chi connectivity index (χ1) is 13.8. The number of aliphatic hydroxyl groups excluding tert-OH is 1. The van der Waals surface area contributed by atoms with Crippen LogP contribution in [-0.2, 0) is 27.3 Å². The minimum Gasteiger partial charge on any atom is -0.395 e. The first kappa shape index (κ1) is 22.5. The minimum absolute atomic E-state index is 0.0241. The summed E-state index contributed by atoms with van der Waals surface area (Å²) in [6.45, 7) is 4.81. The van der Waals surface area contributed by atoms with Crippen molar-refractivity contribution in [1.29, 1.82) is 0 Å². The van der Waals surface area contributed by atoms with Gasteiger partial charge in [-0.15, -0.1) is 0 Å². The average molecular weight is 388 g/mol. The van der Waals surface area contributed by atoms with E-state index in [1.165, 1.54) is 11.1 Å². The molecule has 0 radical (unpaired) electrons. The van der Waals surface area contributed by atoms with Crippen molar-refractivity contribution < 1.29 is 19.3 Å². The Morgan fingerprint density at radius 1 is 0.893 bits per heavy atom. The van der Waals surface area contributed by atoms with Crippen LogP contribution in [0.2, 0.25) is 0 Å². The van der Waals surface area contributed by atoms with Gasteiger partial charge < -0.3 is 19.3 Å². The van der Waals surface area contributed by atoms with Crippen LogP contribution in [0.5, 0.6) is 0 Å². The topological polar surface area (TPSA) is 51.2 Å². The highest BCUT2D eigenvalue weighted by Crippen LogP contribution is 2.19. The molecule has 5 nitrogen and oxygen atoms in total. The first-order valence-electron chi connectivity index (χ1n) is 9.89. The summed E-state index contributed by atoms with van der Waals surface area (Å²) in [4.78, 5) is 2.29. The van der Waals surface area contributed by atoms with Gasteiger partial charge in [-0.05, 0) is 17.5 Å². The molecule has 0 spiro atoms. The third-order valence-corrected chi connectivity index (χ3v) is 4.74. The zero-order valence-corrected chi connectivity index (χ0v) is 17.0. The molecule has 2 rings (SSSR count). The molecular weight excluding hydrogens is 354 g/mol. The predicted molar refractivity (Wildman–Crippen MR) is 111 cm³/mol. The lowest BCUT2D eigenvalue weighted by molar-refractivity contribution is -0.127. The zero-order valence-electron chi connectivity index (χ0n) is 17.0. The van der Waals surface area contributed by atoms with Crippen molar-refractivity contribution in [3.63, 3.8) is 0 Å². The first-order valence-corrected chi connectivity index (χ1v) is 9.89. The van der Waals surface area contributed by atoms with Gasteiger partial charge in [-0.25, -0.2) is 0 Å². The van der Waals surface area contributed by atoms with Gasteiger partial charge >= 0.3 is 0 Å². The molecule has 0 fully saturated rings. The molecule has 0 bridgehead atoms. The van der Waals surface area contributed by atoms with E-state index in [4.69, 9.17) is 14.2 Å². The molecule has 0 aliphatic heterocycles. The summed E-state index contributed by atoms with van der Waals surface area (Å²) in [5.74, 6) is 0. The van der Waals surface area contributed by atoms with E-state index in [-0.39, 0.29) is 25.5 Å². The highest BCUT2D eigenvalue weighted by molar-refractivity contribution is 5.17. The van der Waals surface area contributed by atoms with Gasteiger partial charge in [0.15, 0.2) is 0 Å². The van der Waals surface area contributed by atoms with E-state index in [9.17, 15) is 5.11 Å². The van der Waals surface area contributed by atoms with Crippen molar-refractivity contribution in [2.45, 2.75) is 38.6 Å². The van der Waals surface area contributed by atoms with Crippen LogP contribution in [-0.4, -0.2) is 55.9 Å². The Hall–Kier alpha value is -1.76.